The Morgan fingerprint density at radius 2 is 1.52 bits per heavy atom. The molecule has 0 aromatic heterocycles. The van der Waals surface area contributed by atoms with E-state index in [0.717, 1.165) is 22.3 Å². The van der Waals surface area contributed by atoms with Gasteiger partial charge in [-0.1, -0.05) is 54.6 Å². The van der Waals surface area contributed by atoms with Gasteiger partial charge < -0.3 is 9.47 Å². The summed E-state index contributed by atoms with van der Waals surface area (Å²) in [7, 11) is 0. The minimum Gasteiger partial charge on any atom is -0.483 e. The molecule has 0 aliphatic rings. The predicted octanol–water partition coefficient (Wildman–Crippen LogP) is 3.96. The molecular weight excluding hydrogens is 392 g/mol. The van der Waals surface area contributed by atoms with Crippen LogP contribution in [-0.2, 0) is 9.59 Å². The van der Waals surface area contributed by atoms with Gasteiger partial charge in [0.15, 0.2) is 12.7 Å². The molecule has 1 unspecified atom stereocenters. The Kier molecular flexibility index (Phi) is 7.27. The minimum absolute atomic E-state index is 0.208. The number of rotatable bonds is 7. The normalized spacial score (nSPS) is 11.3. The molecule has 6 nitrogen and oxygen atoms in total. The van der Waals surface area contributed by atoms with Crippen molar-refractivity contribution in [2.75, 3.05) is 6.61 Å². The van der Waals surface area contributed by atoms with E-state index in [-0.39, 0.29) is 6.61 Å². The fourth-order valence-corrected chi connectivity index (χ4v) is 2.91. The Balaban J connectivity index is 1.45. The standard InChI is InChI=1S/C25H26N2O4/c1-17-8-7-11-23(18(17)2)30-16-24(28)26-27-25(29)19(3)31-22-14-12-21(13-15-22)20-9-5-4-6-10-20/h4-15,19H,16H2,1-3H3,(H,26,28)(H,27,29). The van der Waals surface area contributed by atoms with E-state index in [1.165, 1.54) is 0 Å². The van der Waals surface area contributed by atoms with Gasteiger partial charge in [0, 0.05) is 0 Å². The maximum atomic E-state index is 12.2. The molecule has 0 saturated carbocycles. The summed E-state index contributed by atoms with van der Waals surface area (Å²) in [5, 5.41) is 0. The number of amides is 2. The van der Waals surface area contributed by atoms with Crippen LogP contribution in [0, 0.1) is 13.8 Å². The molecule has 0 spiro atoms. The highest BCUT2D eigenvalue weighted by molar-refractivity contribution is 5.85. The van der Waals surface area contributed by atoms with E-state index in [1.807, 2.05) is 80.6 Å². The van der Waals surface area contributed by atoms with Crippen LogP contribution in [0.4, 0.5) is 0 Å². The van der Waals surface area contributed by atoms with Crippen LogP contribution in [0.2, 0.25) is 0 Å². The zero-order chi connectivity index (χ0) is 22.2. The second-order valence-electron chi connectivity index (χ2n) is 7.17. The van der Waals surface area contributed by atoms with Crippen LogP contribution in [0.5, 0.6) is 11.5 Å². The molecule has 0 saturated heterocycles. The minimum atomic E-state index is -0.789. The molecule has 2 amide bonds. The smallest absolute Gasteiger partial charge is 0.279 e. The van der Waals surface area contributed by atoms with E-state index in [0.29, 0.717) is 11.5 Å². The highest BCUT2D eigenvalue weighted by Crippen LogP contribution is 2.23. The Morgan fingerprint density at radius 3 is 2.23 bits per heavy atom. The van der Waals surface area contributed by atoms with E-state index in [2.05, 4.69) is 10.9 Å². The second-order valence-corrected chi connectivity index (χ2v) is 7.17. The largest absolute Gasteiger partial charge is 0.483 e. The number of hydrogen-bond donors (Lipinski definition) is 2. The maximum Gasteiger partial charge on any atom is 0.279 e. The van der Waals surface area contributed by atoms with Crippen LogP contribution in [0.15, 0.2) is 72.8 Å². The van der Waals surface area contributed by atoms with Crippen molar-refractivity contribution in [2.24, 2.45) is 0 Å². The highest BCUT2D eigenvalue weighted by Gasteiger charge is 2.16. The van der Waals surface area contributed by atoms with Gasteiger partial charge in [0.1, 0.15) is 11.5 Å². The number of nitrogens with one attached hydrogen (secondary N) is 2. The van der Waals surface area contributed by atoms with Gasteiger partial charge in [-0.25, -0.2) is 0 Å². The van der Waals surface area contributed by atoms with Gasteiger partial charge >= 0.3 is 0 Å². The molecule has 1 atom stereocenters. The molecule has 0 aliphatic carbocycles. The van der Waals surface area contributed by atoms with Gasteiger partial charge in [-0.3, -0.25) is 20.4 Å². The zero-order valence-corrected chi connectivity index (χ0v) is 17.8. The van der Waals surface area contributed by atoms with Crippen molar-refractivity contribution in [3.05, 3.63) is 83.9 Å². The predicted molar refractivity (Wildman–Crippen MR) is 120 cm³/mol. The summed E-state index contributed by atoms with van der Waals surface area (Å²) in [6, 6.07) is 23.1. The van der Waals surface area contributed by atoms with Crippen molar-refractivity contribution in [1.29, 1.82) is 0 Å². The van der Waals surface area contributed by atoms with Crippen molar-refractivity contribution < 1.29 is 19.1 Å². The van der Waals surface area contributed by atoms with Crippen LogP contribution in [0.1, 0.15) is 18.1 Å². The molecule has 0 fully saturated rings. The summed E-state index contributed by atoms with van der Waals surface area (Å²) in [5.41, 5.74) is 8.91. The van der Waals surface area contributed by atoms with Gasteiger partial charge in [0.2, 0.25) is 0 Å². The second kappa shape index (κ2) is 10.3. The van der Waals surface area contributed by atoms with Crippen LogP contribution in [0.25, 0.3) is 11.1 Å². The molecule has 0 heterocycles. The van der Waals surface area contributed by atoms with E-state index < -0.39 is 17.9 Å². The van der Waals surface area contributed by atoms with Gasteiger partial charge in [-0.2, -0.15) is 0 Å². The van der Waals surface area contributed by atoms with Crippen molar-refractivity contribution in [1.82, 2.24) is 10.9 Å². The van der Waals surface area contributed by atoms with Crippen LogP contribution in [0.3, 0.4) is 0 Å². The number of ether oxygens (including phenoxy) is 2. The molecule has 3 aromatic carbocycles. The Labute approximate surface area is 182 Å². The summed E-state index contributed by atoms with van der Waals surface area (Å²) >= 11 is 0. The summed E-state index contributed by atoms with van der Waals surface area (Å²) < 4.78 is 11.2. The van der Waals surface area contributed by atoms with Gasteiger partial charge in [-0.15, -0.1) is 0 Å². The quantitative estimate of drug-likeness (QED) is 0.570. The summed E-state index contributed by atoms with van der Waals surface area (Å²) in [4.78, 5) is 24.2. The average Bonchev–Trinajstić information content (AvgIpc) is 2.79. The first kappa shape index (κ1) is 21.9. The third-order valence-electron chi connectivity index (χ3n) is 4.88. The topological polar surface area (TPSA) is 76.7 Å². The lowest BCUT2D eigenvalue weighted by atomic mass is 10.1. The lowest BCUT2D eigenvalue weighted by Gasteiger charge is -2.16. The molecule has 160 valence electrons. The molecular formula is C25H26N2O4. The molecule has 3 rings (SSSR count). The molecule has 0 aliphatic heterocycles. The van der Waals surface area contributed by atoms with E-state index in [1.54, 1.807) is 13.0 Å². The van der Waals surface area contributed by atoms with Crippen molar-refractivity contribution in [3.8, 4) is 22.6 Å². The molecule has 0 bridgehead atoms. The number of hydrogen-bond acceptors (Lipinski definition) is 4. The van der Waals surface area contributed by atoms with Crippen molar-refractivity contribution >= 4 is 11.8 Å². The molecule has 31 heavy (non-hydrogen) atoms. The summed E-state index contributed by atoms with van der Waals surface area (Å²) in [5.74, 6) is 0.268. The van der Waals surface area contributed by atoms with E-state index in [4.69, 9.17) is 9.47 Å². The molecule has 6 heteroatoms. The summed E-state index contributed by atoms with van der Waals surface area (Å²) in [6.45, 7) is 5.30. The van der Waals surface area contributed by atoms with Crippen LogP contribution >= 0.6 is 0 Å². The molecule has 0 radical (unpaired) electrons. The lowest BCUT2D eigenvalue weighted by molar-refractivity contribution is -0.133. The first-order chi connectivity index (χ1) is 14.9. The van der Waals surface area contributed by atoms with Gasteiger partial charge in [0.05, 0.1) is 0 Å². The fraction of sp³-hybridized carbons (Fsp3) is 0.200. The fourth-order valence-electron chi connectivity index (χ4n) is 2.91. The number of benzene rings is 3. The van der Waals surface area contributed by atoms with E-state index in [9.17, 15) is 9.59 Å². The zero-order valence-electron chi connectivity index (χ0n) is 17.8. The Hall–Kier alpha value is -3.80. The SMILES string of the molecule is Cc1cccc(OCC(=O)NNC(=O)C(C)Oc2ccc(-c3ccccc3)cc2)c1C. The highest BCUT2D eigenvalue weighted by atomic mass is 16.5. The van der Waals surface area contributed by atoms with Crippen LogP contribution < -0.4 is 20.3 Å². The number of carbonyl (C=O) groups is 2. The van der Waals surface area contributed by atoms with Crippen molar-refractivity contribution in [2.45, 2.75) is 26.9 Å². The number of carbonyl (C=O) groups excluding carboxylic acids is 2. The van der Waals surface area contributed by atoms with E-state index >= 15 is 0 Å². The Bertz CT molecular complexity index is 1030. The third-order valence-corrected chi connectivity index (χ3v) is 4.88. The maximum absolute atomic E-state index is 12.2. The number of hydrazine groups is 1. The van der Waals surface area contributed by atoms with Crippen molar-refractivity contribution in [3.63, 3.8) is 0 Å². The monoisotopic (exact) mass is 418 g/mol. The van der Waals surface area contributed by atoms with Crippen LogP contribution in [-0.4, -0.2) is 24.5 Å². The molecule has 2 N–H and O–H groups in total. The number of aryl methyl sites for hydroxylation is 1. The third kappa shape index (κ3) is 6.09. The van der Waals surface area contributed by atoms with Gasteiger partial charge in [0.25, 0.3) is 11.8 Å². The first-order valence-corrected chi connectivity index (χ1v) is 10.0. The van der Waals surface area contributed by atoms with Gasteiger partial charge in [-0.05, 0) is 61.2 Å². The Morgan fingerprint density at radius 1 is 0.839 bits per heavy atom. The molecule has 3 aromatic rings. The summed E-state index contributed by atoms with van der Waals surface area (Å²) in [6.07, 6.45) is -0.789. The average molecular weight is 418 g/mol. The first-order valence-electron chi connectivity index (χ1n) is 10.0. The lowest BCUT2D eigenvalue weighted by Crippen LogP contribution is -2.48.